The van der Waals surface area contributed by atoms with Crippen molar-refractivity contribution in [2.75, 3.05) is 27.8 Å². The predicted molar refractivity (Wildman–Crippen MR) is 114 cm³/mol. The SMILES string of the molecule is CN=C(NCCc1cc(OC)ccc1OC)NCc1nc(C(F)(F)F)cs1.I. The fourth-order valence-corrected chi connectivity index (χ4v) is 3.04. The lowest BCUT2D eigenvalue weighted by atomic mass is 10.1. The van der Waals surface area contributed by atoms with Crippen LogP contribution in [0.4, 0.5) is 13.2 Å². The zero-order valence-electron chi connectivity index (χ0n) is 15.6. The highest BCUT2D eigenvalue weighted by Gasteiger charge is 2.33. The second kappa shape index (κ2) is 11.3. The predicted octanol–water partition coefficient (Wildman–Crippen LogP) is 3.70. The highest BCUT2D eigenvalue weighted by Crippen LogP contribution is 2.30. The van der Waals surface area contributed by atoms with Crippen LogP contribution in [0, 0.1) is 0 Å². The zero-order chi connectivity index (χ0) is 19.9. The average Bonchev–Trinajstić information content (AvgIpc) is 3.13. The average molecular weight is 530 g/mol. The molecule has 0 spiro atoms. The first-order chi connectivity index (χ1) is 12.9. The molecule has 1 aromatic carbocycles. The molecule has 0 aliphatic carbocycles. The van der Waals surface area contributed by atoms with Crippen molar-refractivity contribution in [1.29, 1.82) is 0 Å². The van der Waals surface area contributed by atoms with Gasteiger partial charge in [0.2, 0.25) is 0 Å². The van der Waals surface area contributed by atoms with Gasteiger partial charge in [0.05, 0.1) is 20.8 Å². The van der Waals surface area contributed by atoms with Gasteiger partial charge in [0.15, 0.2) is 11.7 Å². The molecule has 0 bridgehead atoms. The van der Waals surface area contributed by atoms with E-state index in [1.807, 2.05) is 18.2 Å². The Morgan fingerprint density at radius 3 is 2.54 bits per heavy atom. The number of benzene rings is 1. The van der Waals surface area contributed by atoms with Crippen LogP contribution >= 0.6 is 35.3 Å². The Kier molecular flexibility index (Phi) is 9.79. The van der Waals surface area contributed by atoms with Crippen LogP contribution in [0.15, 0.2) is 28.6 Å². The lowest BCUT2D eigenvalue weighted by Gasteiger charge is -2.13. The first-order valence-electron chi connectivity index (χ1n) is 8.04. The molecule has 0 aliphatic heterocycles. The number of methoxy groups -OCH3 is 2. The number of guanidine groups is 1. The minimum Gasteiger partial charge on any atom is -0.497 e. The molecule has 2 N–H and O–H groups in total. The molecule has 1 aromatic heterocycles. The Morgan fingerprint density at radius 1 is 1.21 bits per heavy atom. The minimum atomic E-state index is -4.43. The second-order valence-electron chi connectivity index (χ2n) is 5.40. The Bertz CT molecular complexity index is 784. The number of hydrogen-bond acceptors (Lipinski definition) is 5. The Balaban J connectivity index is 0.00000392. The summed E-state index contributed by atoms with van der Waals surface area (Å²) in [4.78, 5) is 7.63. The number of alkyl halides is 3. The standard InChI is InChI=1S/C17H21F3N4O2S.HI/c1-21-16(23-9-15-24-14(10-27-15)17(18,19)20)22-7-6-11-8-12(25-2)4-5-13(11)26-3;/h4-5,8,10H,6-7,9H2,1-3H3,(H2,21,22,23);1H. The summed E-state index contributed by atoms with van der Waals surface area (Å²) in [6.07, 6.45) is -3.78. The maximum Gasteiger partial charge on any atom is 0.434 e. The van der Waals surface area contributed by atoms with Gasteiger partial charge in [-0.05, 0) is 30.2 Å². The van der Waals surface area contributed by atoms with E-state index in [4.69, 9.17) is 9.47 Å². The van der Waals surface area contributed by atoms with Crippen molar-refractivity contribution in [3.8, 4) is 11.5 Å². The first kappa shape index (κ1) is 24.3. The van der Waals surface area contributed by atoms with Gasteiger partial charge < -0.3 is 20.1 Å². The van der Waals surface area contributed by atoms with E-state index < -0.39 is 11.9 Å². The van der Waals surface area contributed by atoms with Crippen LogP contribution < -0.4 is 20.1 Å². The van der Waals surface area contributed by atoms with E-state index in [2.05, 4.69) is 20.6 Å². The van der Waals surface area contributed by atoms with E-state index in [0.717, 1.165) is 33.8 Å². The quantitative estimate of drug-likeness (QED) is 0.325. The van der Waals surface area contributed by atoms with Gasteiger partial charge in [0.25, 0.3) is 0 Å². The fraction of sp³-hybridized carbons (Fsp3) is 0.412. The first-order valence-corrected chi connectivity index (χ1v) is 8.92. The third-order valence-corrected chi connectivity index (χ3v) is 4.50. The van der Waals surface area contributed by atoms with E-state index in [0.29, 0.717) is 23.9 Å². The molecule has 0 radical (unpaired) electrons. The maximum atomic E-state index is 12.6. The van der Waals surface area contributed by atoms with Crippen molar-refractivity contribution in [3.05, 3.63) is 39.8 Å². The largest absolute Gasteiger partial charge is 0.497 e. The third-order valence-electron chi connectivity index (χ3n) is 3.65. The van der Waals surface area contributed by atoms with Gasteiger partial charge in [-0.15, -0.1) is 35.3 Å². The second-order valence-corrected chi connectivity index (χ2v) is 6.35. The van der Waals surface area contributed by atoms with Crippen LogP contribution in [0.1, 0.15) is 16.3 Å². The summed E-state index contributed by atoms with van der Waals surface area (Å²) in [5, 5.41) is 7.40. The van der Waals surface area contributed by atoms with E-state index in [-0.39, 0.29) is 30.5 Å². The number of nitrogens with zero attached hydrogens (tertiary/aromatic N) is 2. The van der Waals surface area contributed by atoms with E-state index >= 15 is 0 Å². The number of nitrogens with one attached hydrogen (secondary N) is 2. The number of rotatable bonds is 7. The lowest BCUT2D eigenvalue weighted by Crippen LogP contribution is -2.37. The molecule has 0 atom stereocenters. The molecule has 6 nitrogen and oxygen atoms in total. The molecular formula is C17H22F3IN4O2S. The smallest absolute Gasteiger partial charge is 0.434 e. The summed E-state index contributed by atoms with van der Waals surface area (Å²) in [6, 6.07) is 5.55. The van der Waals surface area contributed by atoms with Crippen molar-refractivity contribution in [2.24, 2.45) is 4.99 Å². The summed E-state index contributed by atoms with van der Waals surface area (Å²) in [7, 11) is 4.78. The van der Waals surface area contributed by atoms with Crippen LogP contribution in [0.25, 0.3) is 0 Å². The van der Waals surface area contributed by atoms with Crippen molar-refractivity contribution < 1.29 is 22.6 Å². The van der Waals surface area contributed by atoms with E-state index in [1.54, 1.807) is 21.3 Å². The number of ether oxygens (including phenoxy) is 2. The summed E-state index contributed by atoms with van der Waals surface area (Å²) in [5.41, 5.74) is 0.0897. The van der Waals surface area contributed by atoms with Crippen molar-refractivity contribution in [3.63, 3.8) is 0 Å². The molecule has 0 fully saturated rings. The van der Waals surface area contributed by atoms with Gasteiger partial charge in [0.1, 0.15) is 16.5 Å². The van der Waals surface area contributed by atoms with Gasteiger partial charge in [-0.25, -0.2) is 4.98 Å². The zero-order valence-corrected chi connectivity index (χ0v) is 18.7. The summed E-state index contributed by atoms with van der Waals surface area (Å²) in [5.74, 6) is 1.96. The summed E-state index contributed by atoms with van der Waals surface area (Å²) in [6.45, 7) is 0.706. The van der Waals surface area contributed by atoms with Crippen molar-refractivity contribution in [1.82, 2.24) is 15.6 Å². The van der Waals surface area contributed by atoms with Crippen LogP contribution in [-0.4, -0.2) is 38.8 Å². The van der Waals surface area contributed by atoms with Gasteiger partial charge >= 0.3 is 6.18 Å². The highest BCUT2D eigenvalue weighted by atomic mass is 127. The normalized spacial score (nSPS) is 11.6. The maximum absolute atomic E-state index is 12.6. The Labute approximate surface area is 182 Å². The van der Waals surface area contributed by atoms with Gasteiger partial charge in [-0.1, -0.05) is 0 Å². The van der Waals surface area contributed by atoms with Crippen molar-refractivity contribution in [2.45, 2.75) is 19.1 Å². The van der Waals surface area contributed by atoms with Crippen LogP contribution in [0.2, 0.25) is 0 Å². The molecule has 28 heavy (non-hydrogen) atoms. The molecule has 0 saturated carbocycles. The van der Waals surface area contributed by atoms with Crippen LogP contribution in [0.3, 0.4) is 0 Å². The Morgan fingerprint density at radius 2 is 1.96 bits per heavy atom. The molecule has 11 heteroatoms. The highest BCUT2D eigenvalue weighted by molar-refractivity contribution is 14.0. The molecule has 156 valence electrons. The molecule has 0 amide bonds. The van der Waals surface area contributed by atoms with Crippen molar-refractivity contribution >= 4 is 41.3 Å². The number of hydrogen-bond donors (Lipinski definition) is 2. The third kappa shape index (κ3) is 7.00. The summed E-state index contributed by atoms with van der Waals surface area (Å²) >= 11 is 0.952. The topological polar surface area (TPSA) is 67.8 Å². The molecule has 2 rings (SSSR count). The number of aromatic nitrogens is 1. The molecule has 2 aromatic rings. The van der Waals surface area contributed by atoms with Gasteiger partial charge in [-0.2, -0.15) is 13.2 Å². The summed E-state index contributed by atoms with van der Waals surface area (Å²) < 4.78 is 48.3. The minimum absolute atomic E-state index is 0. The van der Waals surface area contributed by atoms with Gasteiger partial charge in [0, 0.05) is 19.0 Å². The van der Waals surface area contributed by atoms with E-state index in [1.165, 1.54) is 0 Å². The molecule has 1 heterocycles. The number of halogens is 4. The van der Waals surface area contributed by atoms with Gasteiger partial charge in [-0.3, -0.25) is 4.99 Å². The monoisotopic (exact) mass is 530 g/mol. The van der Waals surface area contributed by atoms with Crippen LogP contribution in [0.5, 0.6) is 11.5 Å². The Hall–Kier alpha value is -1.76. The fourth-order valence-electron chi connectivity index (χ4n) is 2.30. The van der Waals surface area contributed by atoms with E-state index in [9.17, 15) is 13.2 Å². The van der Waals surface area contributed by atoms with Crippen LogP contribution in [-0.2, 0) is 19.1 Å². The number of thiazole rings is 1. The molecule has 0 aliphatic rings. The molecule has 0 unspecified atom stereocenters. The molecule has 0 saturated heterocycles. The number of aliphatic imine (C=N–C) groups is 1. The lowest BCUT2D eigenvalue weighted by molar-refractivity contribution is -0.140. The molecular weight excluding hydrogens is 508 g/mol.